The molecule has 2 rings (SSSR count). The third kappa shape index (κ3) is 2.35. The maximum Gasteiger partial charge on any atom is 0.363 e. The Morgan fingerprint density at radius 2 is 2.00 bits per heavy atom. The molecule has 0 bridgehead atoms. The molecule has 1 aromatic heterocycles. The van der Waals surface area contributed by atoms with E-state index in [4.69, 9.17) is 4.84 Å². The lowest BCUT2D eigenvalue weighted by Crippen LogP contribution is -2.34. The zero-order valence-corrected chi connectivity index (χ0v) is 8.29. The molecule has 0 amide bonds. The molecular weight excluding hydrogens is 210 g/mol. The van der Waals surface area contributed by atoms with E-state index in [9.17, 15) is 9.59 Å². The van der Waals surface area contributed by atoms with Crippen LogP contribution in [0.1, 0.15) is 5.56 Å². The lowest BCUT2D eigenvalue weighted by molar-refractivity contribution is 0.0826. The van der Waals surface area contributed by atoms with E-state index < -0.39 is 11.4 Å². The molecule has 0 atom stereocenters. The van der Waals surface area contributed by atoms with Crippen molar-refractivity contribution in [3.63, 3.8) is 0 Å². The fraction of sp³-hybridized carbons (Fsp3) is 0.100. The highest BCUT2D eigenvalue weighted by molar-refractivity contribution is 5.13. The van der Waals surface area contributed by atoms with Crippen LogP contribution in [-0.4, -0.2) is 14.7 Å². The van der Waals surface area contributed by atoms with Crippen molar-refractivity contribution in [3.8, 4) is 0 Å². The van der Waals surface area contributed by atoms with Gasteiger partial charge in [0.05, 0.1) is 0 Å². The summed E-state index contributed by atoms with van der Waals surface area (Å²) in [4.78, 5) is 32.4. The first-order valence-corrected chi connectivity index (χ1v) is 4.61. The maximum atomic E-state index is 11.2. The number of benzene rings is 1. The highest BCUT2D eigenvalue weighted by atomic mass is 16.7. The SMILES string of the molecule is O=c1ncn(OCc2ccccc2)c(=O)[nH]1. The Hall–Kier alpha value is -2.37. The van der Waals surface area contributed by atoms with Gasteiger partial charge in [-0.25, -0.2) is 9.59 Å². The molecule has 0 saturated carbocycles. The van der Waals surface area contributed by atoms with Crippen molar-refractivity contribution in [2.75, 3.05) is 0 Å². The number of hydrogen-bond donors (Lipinski definition) is 1. The number of H-pyrrole nitrogens is 1. The third-order valence-corrected chi connectivity index (χ3v) is 1.91. The molecule has 1 aromatic carbocycles. The first kappa shape index (κ1) is 10.2. The second-order valence-corrected chi connectivity index (χ2v) is 3.06. The Balaban J connectivity index is 2.11. The molecule has 0 aliphatic carbocycles. The van der Waals surface area contributed by atoms with Crippen LogP contribution in [0.15, 0.2) is 46.2 Å². The minimum Gasteiger partial charge on any atom is -0.403 e. The van der Waals surface area contributed by atoms with Gasteiger partial charge in [-0.3, -0.25) is 4.98 Å². The Labute approximate surface area is 90.1 Å². The second kappa shape index (κ2) is 4.43. The Kier molecular flexibility index (Phi) is 2.81. The summed E-state index contributed by atoms with van der Waals surface area (Å²) in [7, 11) is 0. The Morgan fingerprint density at radius 1 is 1.25 bits per heavy atom. The van der Waals surface area contributed by atoms with Crippen LogP contribution >= 0.6 is 0 Å². The molecule has 0 aliphatic rings. The van der Waals surface area contributed by atoms with Crippen LogP contribution in [0.25, 0.3) is 0 Å². The van der Waals surface area contributed by atoms with E-state index in [2.05, 4.69) is 4.98 Å². The van der Waals surface area contributed by atoms with Crippen LogP contribution in [-0.2, 0) is 6.61 Å². The van der Waals surface area contributed by atoms with Crippen molar-refractivity contribution in [2.45, 2.75) is 6.61 Å². The van der Waals surface area contributed by atoms with Crippen molar-refractivity contribution in [1.29, 1.82) is 0 Å². The van der Waals surface area contributed by atoms with Crippen LogP contribution < -0.4 is 16.2 Å². The van der Waals surface area contributed by atoms with Gasteiger partial charge in [-0.2, -0.15) is 4.98 Å². The molecule has 82 valence electrons. The molecule has 16 heavy (non-hydrogen) atoms. The first-order valence-electron chi connectivity index (χ1n) is 4.61. The number of nitrogens with one attached hydrogen (secondary N) is 1. The summed E-state index contributed by atoms with van der Waals surface area (Å²) >= 11 is 0. The van der Waals surface area contributed by atoms with Gasteiger partial charge in [0.25, 0.3) is 0 Å². The number of nitrogens with zero attached hydrogens (tertiary/aromatic N) is 2. The maximum absolute atomic E-state index is 11.2. The van der Waals surface area contributed by atoms with Crippen LogP contribution in [0.4, 0.5) is 0 Å². The molecule has 1 N–H and O–H groups in total. The number of rotatable bonds is 3. The normalized spacial score (nSPS) is 10.0. The van der Waals surface area contributed by atoms with Crippen molar-refractivity contribution in [3.05, 3.63) is 63.2 Å². The predicted molar refractivity (Wildman–Crippen MR) is 55.8 cm³/mol. The van der Waals surface area contributed by atoms with Gasteiger partial charge in [-0.15, -0.1) is 4.73 Å². The van der Waals surface area contributed by atoms with E-state index in [0.717, 1.165) is 16.6 Å². The molecule has 2 aromatic rings. The lowest BCUT2D eigenvalue weighted by atomic mass is 10.2. The average molecular weight is 219 g/mol. The molecule has 6 nitrogen and oxygen atoms in total. The summed E-state index contributed by atoms with van der Waals surface area (Å²) in [6.45, 7) is 0.231. The molecule has 0 unspecified atom stereocenters. The van der Waals surface area contributed by atoms with Gasteiger partial charge in [-0.1, -0.05) is 30.3 Å². The van der Waals surface area contributed by atoms with Gasteiger partial charge >= 0.3 is 11.4 Å². The minimum atomic E-state index is -0.690. The van der Waals surface area contributed by atoms with E-state index in [1.54, 1.807) is 0 Å². The second-order valence-electron chi connectivity index (χ2n) is 3.06. The number of hydrogen-bond acceptors (Lipinski definition) is 4. The monoisotopic (exact) mass is 219 g/mol. The quantitative estimate of drug-likeness (QED) is 0.759. The van der Waals surface area contributed by atoms with E-state index >= 15 is 0 Å². The summed E-state index contributed by atoms with van der Waals surface area (Å²) < 4.78 is 0.883. The van der Waals surface area contributed by atoms with Crippen LogP contribution in [0.3, 0.4) is 0 Å². The van der Waals surface area contributed by atoms with E-state index in [-0.39, 0.29) is 6.61 Å². The molecule has 0 fully saturated rings. The lowest BCUT2D eigenvalue weighted by Gasteiger charge is -2.05. The molecule has 0 radical (unpaired) electrons. The molecule has 0 spiro atoms. The molecule has 6 heteroatoms. The Morgan fingerprint density at radius 3 is 2.69 bits per heavy atom. The van der Waals surface area contributed by atoms with Crippen molar-refractivity contribution in [1.82, 2.24) is 14.7 Å². The largest absolute Gasteiger partial charge is 0.403 e. The summed E-state index contributed by atoms with van der Waals surface area (Å²) in [6, 6.07) is 9.35. The predicted octanol–water partition coefficient (Wildman–Crippen LogP) is -0.440. The van der Waals surface area contributed by atoms with Crippen molar-refractivity contribution >= 4 is 0 Å². The molecular formula is C10H9N3O3. The highest BCUT2D eigenvalue weighted by Crippen LogP contribution is 1.97. The summed E-state index contributed by atoms with van der Waals surface area (Å²) in [5, 5.41) is 0. The smallest absolute Gasteiger partial charge is 0.363 e. The first-order chi connectivity index (χ1) is 7.75. The molecule has 0 saturated heterocycles. The van der Waals surface area contributed by atoms with Crippen molar-refractivity contribution in [2.24, 2.45) is 0 Å². The summed E-state index contributed by atoms with van der Waals surface area (Å²) in [5.41, 5.74) is -0.416. The van der Waals surface area contributed by atoms with Gasteiger partial charge < -0.3 is 4.84 Å². The fourth-order valence-corrected chi connectivity index (χ4v) is 1.15. The van der Waals surface area contributed by atoms with E-state index in [0.29, 0.717) is 0 Å². The minimum absolute atomic E-state index is 0.231. The van der Waals surface area contributed by atoms with Crippen LogP contribution in [0.5, 0.6) is 0 Å². The molecule has 1 heterocycles. The molecule has 0 aliphatic heterocycles. The topological polar surface area (TPSA) is 77.0 Å². The Bertz CT molecular complexity index is 574. The summed E-state index contributed by atoms with van der Waals surface area (Å²) in [6.07, 6.45) is 1.05. The number of aromatic amines is 1. The zero-order valence-electron chi connectivity index (χ0n) is 8.29. The third-order valence-electron chi connectivity index (χ3n) is 1.91. The van der Waals surface area contributed by atoms with Crippen LogP contribution in [0, 0.1) is 0 Å². The zero-order chi connectivity index (χ0) is 11.4. The van der Waals surface area contributed by atoms with E-state index in [1.807, 2.05) is 35.3 Å². The van der Waals surface area contributed by atoms with E-state index in [1.165, 1.54) is 0 Å². The van der Waals surface area contributed by atoms with Gasteiger partial charge in [0.1, 0.15) is 12.9 Å². The van der Waals surface area contributed by atoms with Gasteiger partial charge in [0, 0.05) is 0 Å². The standard InChI is InChI=1S/C10H9N3O3/c14-9-11-7-13(10(15)12-9)16-6-8-4-2-1-3-5-8/h1-5,7H,6H2,(H,12,14,15). The van der Waals surface area contributed by atoms with Gasteiger partial charge in [0.2, 0.25) is 0 Å². The highest BCUT2D eigenvalue weighted by Gasteiger charge is 1.98. The number of aromatic nitrogens is 3. The van der Waals surface area contributed by atoms with Crippen molar-refractivity contribution < 1.29 is 4.84 Å². The van der Waals surface area contributed by atoms with Gasteiger partial charge in [-0.05, 0) is 5.56 Å². The van der Waals surface area contributed by atoms with Crippen LogP contribution in [0.2, 0.25) is 0 Å². The summed E-state index contributed by atoms with van der Waals surface area (Å²) in [5.74, 6) is 0. The average Bonchev–Trinajstić information content (AvgIpc) is 2.29. The van der Waals surface area contributed by atoms with Gasteiger partial charge in [0.15, 0.2) is 0 Å². The fourth-order valence-electron chi connectivity index (χ4n) is 1.15.